The predicted molar refractivity (Wildman–Crippen MR) is 59.0 cm³/mol. The fourth-order valence-electron chi connectivity index (χ4n) is 0.994. The van der Waals surface area contributed by atoms with Gasteiger partial charge in [0, 0.05) is 13.6 Å². The Bertz CT molecular complexity index is 333. The van der Waals surface area contributed by atoms with Gasteiger partial charge in [0.15, 0.2) is 0 Å². The molecule has 0 aromatic carbocycles. The van der Waals surface area contributed by atoms with Crippen LogP contribution in [0.4, 0.5) is 11.6 Å². The molecule has 0 aliphatic carbocycles. The maximum absolute atomic E-state index is 8.74. The summed E-state index contributed by atoms with van der Waals surface area (Å²) in [6.45, 7) is 0.463. The molecule has 0 bridgehead atoms. The molecule has 0 atom stereocenters. The molecule has 0 unspecified atom stereocenters. The maximum Gasteiger partial charge on any atom is 0.149 e. The number of hydrogen-bond donors (Lipinski definition) is 2. The molecule has 1 heterocycles. The van der Waals surface area contributed by atoms with Crippen molar-refractivity contribution in [2.45, 2.75) is 0 Å². The van der Waals surface area contributed by atoms with Gasteiger partial charge in [0.2, 0.25) is 0 Å². The monoisotopic (exact) mass is 235 g/mol. The summed E-state index contributed by atoms with van der Waals surface area (Å²) in [6.07, 6.45) is 0. The molecule has 14 heavy (non-hydrogen) atoms. The van der Waals surface area contributed by atoms with Gasteiger partial charge in [-0.1, -0.05) is 23.2 Å². The summed E-state index contributed by atoms with van der Waals surface area (Å²) in [5, 5.41) is 9.49. The number of halogens is 2. The van der Waals surface area contributed by atoms with E-state index < -0.39 is 0 Å². The molecule has 0 saturated carbocycles. The number of aliphatic hydroxyl groups excluding tert-OH is 1. The lowest BCUT2D eigenvalue weighted by Crippen LogP contribution is -2.22. The van der Waals surface area contributed by atoms with E-state index in [0.29, 0.717) is 22.4 Å². The molecular weight excluding hydrogens is 225 g/mol. The highest BCUT2D eigenvalue weighted by molar-refractivity contribution is 6.37. The number of rotatable bonds is 3. The molecule has 6 heteroatoms. The number of pyridine rings is 1. The van der Waals surface area contributed by atoms with E-state index in [2.05, 4.69) is 4.98 Å². The van der Waals surface area contributed by atoms with Crippen LogP contribution in [0.3, 0.4) is 0 Å². The molecule has 0 fully saturated rings. The van der Waals surface area contributed by atoms with Crippen molar-refractivity contribution >= 4 is 34.8 Å². The van der Waals surface area contributed by atoms with E-state index in [1.807, 2.05) is 0 Å². The Morgan fingerprint density at radius 2 is 2.14 bits per heavy atom. The average molecular weight is 236 g/mol. The third-order valence-corrected chi connectivity index (χ3v) is 2.32. The lowest BCUT2D eigenvalue weighted by molar-refractivity contribution is 0.304. The van der Waals surface area contributed by atoms with Gasteiger partial charge in [-0.05, 0) is 6.07 Å². The van der Waals surface area contributed by atoms with E-state index in [9.17, 15) is 0 Å². The first-order valence-corrected chi connectivity index (χ1v) is 4.75. The number of aliphatic hydroxyl groups is 1. The topological polar surface area (TPSA) is 62.4 Å². The minimum Gasteiger partial charge on any atom is -0.395 e. The summed E-state index contributed by atoms with van der Waals surface area (Å²) in [4.78, 5) is 5.72. The van der Waals surface area contributed by atoms with Gasteiger partial charge in [-0.3, -0.25) is 0 Å². The molecule has 1 rings (SSSR count). The number of nitrogens with zero attached hydrogens (tertiary/aromatic N) is 2. The number of nitrogen functional groups attached to an aromatic ring is 1. The van der Waals surface area contributed by atoms with Crippen molar-refractivity contribution in [3.8, 4) is 0 Å². The van der Waals surface area contributed by atoms with Crippen LogP contribution < -0.4 is 10.6 Å². The molecule has 0 amide bonds. The zero-order valence-electron chi connectivity index (χ0n) is 7.67. The molecular formula is C8H11Cl2N3O. The van der Waals surface area contributed by atoms with Crippen LogP contribution in [0.5, 0.6) is 0 Å². The number of likely N-dealkylation sites (N-methyl/N-ethyl adjacent to an activating group) is 1. The quantitative estimate of drug-likeness (QED) is 0.832. The fourth-order valence-corrected chi connectivity index (χ4v) is 1.50. The summed E-state index contributed by atoms with van der Waals surface area (Å²) in [5.74, 6) is 0.749. The fraction of sp³-hybridized carbons (Fsp3) is 0.375. The number of aromatic nitrogens is 1. The Labute approximate surface area is 92.2 Å². The van der Waals surface area contributed by atoms with Crippen molar-refractivity contribution in [2.75, 3.05) is 30.8 Å². The Kier molecular flexibility index (Phi) is 3.80. The number of anilines is 2. The zero-order valence-corrected chi connectivity index (χ0v) is 9.18. The highest BCUT2D eigenvalue weighted by atomic mass is 35.5. The van der Waals surface area contributed by atoms with Crippen molar-refractivity contribution in [1.29, 1.82) is 0 Å². The summed E-state index contributed by atoms with van der Waals surface area (Å²) < 4.78 is 0. The third-order valence-electron chi connectivity index (χ3n) is 1.74. The van der Waals surface area contributed by atoms with E-state index in [1.165, 1.54) is 6.07 Å². The SMILES string of the molecule is CN(CCO)c1nc(N)c(Cl)cc1Cl. The predicted octanol–water partition coefficient (Wildman–Crippen LogP) is 1.40. The van der Waals surface area contributed by atoms with Crippen LogP contribution in [0.15, 0.2) is 6.07 Å². The van der Waals surface area contributed by atoms with Gasteiger partial charge < -0.3 is 15.7 Å². The van der Waals surface area contributed by atoms with Crippen molar-refractivity contribution in [3.63, 3.8) is 0 Å². The second-order valence-corrected chi connectivity index (χ2v) is 3.62. The average Bonchev–Trinajstić information content (AvgIpc) is 2.11. The maximum atomic E-state index is 8.74. The molecule has 0 aliphatic heterocycles. The Morgan fingerprint density at radius 3 is 2.71 bits per heavy atom. The molecule has 78 valence electrons. The number of nitrogens with two attached hydrogens (primary N) is 1. The van der Waals surface area contributed by atoms with Crippen molar-refractivity contribution in [2.24, 2.45) is 0 Å². The second kappa shape index (κ2) is 4.68. The standard InChI is InChI=1S/C8H11Cl2N3O/c1-13(2-3-14)8-6(10)4-5(9)7(11)12-8/h4,14H,2-3H2,1H3,(H2,11,12). The Morgan fingerprint density at radius 1 is 1.50 bits per heavy atom. The van der Waals surface area contributed by atoms with Crippen molar-refractivity contribution in [1.82, 2.24) is 4.98 Å². The summed E-state index contributed by atoms with van der Waals surface area (Å²) in [5.41, 5.74) is 5.53. The highest BCUT2D eigenvalue weighted by Gasteiger charge is 2.10. The minimum absolute atomic E-state index is 0.0248. The molecule has 1 aromatic heterocycles. The molecule has 0 aliphatic rings. The Hall–Kier alpha value is -0.710. The lowest BCUT2D eigenvalue weighted by Gasteiger charge is -2.18. The van der Waals surface area contributed by atoms with Gasteiger partial charge in [0.1, 0.15) is 11.6 Å². The molecule has 3 N–H and O–H groups in total. The van der Waals surface area contributed by atoms with E-state index in [0.717, 1.165) is 0 Å². The van der Waals surface area contributed by atoms with Crippen LogP contribution in [0.1, 0.15) is 0 Å². The molecule has 1 aromatic rings. The van der Waals surface area contributed by atoms with Crippen LogP contribution in [0, 0.1) is 0 Å². The first kappa shape index (κ1) is 11.4. The summed E-state index contributed by atoms with van der Waals surface area (Å²) >= 11 is 11.6. The Balaban J connectivity index is 3.02. The first-order chi connectivity index (χ1) is 6.56. The smallest absolute Gasteiger partial charge is 0.149 e. The van der Waals surface area contributed by atoms with Gasteiger partial charge in [-0.15, -0.1) is 0 Å². The summed E-state index contributed by atoms with van der Waals surface area (Å²) in [7, 11) is 1.76. The van der Waals surface area contributed by atoms with Crippen LogP contribution in [-0.2, 0) is 0 Å². The van der Waals surface area contributed by atoms with Crippen LogP contribution in [0.25, 0.3) is 0 Å². The van der Waals surface area contributed by atoms with Gasteiger partial charge in [-0.25, -0.2) is 4.98 Å². The number of hydrogen-bond acceptors (Lipinski definition) is 4. The first-order valence-electron chi connectivity index (χ1n) is 3.99. The zero-order chi connectivity index (χ0) is 10.7. The molecule has 0 spiro atoms. The molecule has 0 radical (unpaired) electrons. The van der Waals surface area contributed by atoms with Crippen LogP contribution in [-0.4, -0.2) is 30.3 Å². The van der Waals surface area contributed by atoms with Gasteiger partial charge >= 0.3 is 0 Å². The van der Waals surface area contributed by atoms with Crippen LogP contribution >= 0.6 is 23.2 Å². The van der Waals surface area contributed by atoms with Gasteiger partial charge in [0.05, 0.1) is 16.7 Å². The normalized spacial score (nSPS) is 10.3. The highest BCUT2D eigenvalue weighted by Crippen LogP contribution is 2.29. The molecule has 0 saturated heterocycles. The van der Waals surface area contributed by atoms with E-state index in [-0.39, 0.29) is 12.4 Å². The lowest BCUT2D eigenvalue weighted by atomic mass is 10.4. The van der Waals surface area contributed by atoms with E-state index in [4.69, 9.17) is 34.0 Å². The van der Waals surface area contributed by atoms with E-state index in [1.54, 1.807) is 11.9 Å². The van der Waals surface area contributed by atoms with Crippen molar-refractivity contribution < 1.29 is 5.11 Å². The van der Waals surface area contributed by atoms with Crippen LogP contribution in [0.2, 0.25) is 10.0 Å². The largest absolute Gasteiger partial charge is 0.395 e. The summed E-state index contributed by atoms with van der Waals surface area (Å²) in [6, 6.07) is 1.54. The third kappa shape index (κ3) is 2.41. The van der Waals surface area contributed by atoms with Gasteiger partial charge in [-0.2, -0.15) is 0 Å². The minimum atomic E-state index is 0.0248. The van der Waals surface area contributed by atoms with Crippen molar-refractivity contribution in [3.05, 3.63) is 16.1 Å². The van der Waals surface area contributed by atoms with Gasteiger partial charge in [0.25, 0.3) is 0 Å². The second-order valence-electron chi connectivity index (χ2n) is 2.81. The molecule has 4 nitrogen and oxygen atoms in total. The van der Waals surface area contributed by atoms with E-state index >= 15 is 0 Å².